The summed E-state index contributed by atoms with van der Waals surface area (Å²) in [6.07, 6.45) is 8.69. The first kappa shape index (κ1) is 35.2. The standard InChI is InChI=1S/C37H30BF10P/c1-18-15-19(2)37(20(3)16-18)49(14-13-21-9-5-4-6-10-21)23-12-8-7-11-22(23)17-24(49)38(25-27(39)31(43)35(47)32(44)28(25)40)26-29(41)33(45)36(48)34(46)30(26)42/h9,15-17,23H,4-8,10-12H2,1-3H3/t23-,49-/m1/s1. The fourth-order valence-electron chi connectivity index (χ4n) is 7.90. The van der Waals surface area contributed by atoms with Crippen LogP contribution in [-0.4, -0.2) is 17.6 Å². The quantitative estimate of drug-likeness (QED) is 0.0635. The predicted molar refractivity (Wildman–Crippen MR) is 174 cm³/mol. The maximum atomic E-state index is 16.0. The van der Waals surface area contributed by atoms with Crippen molar-refractivity contribution in [2.75, 3.05) is 0 Å². The lowest BCUT2D eigenvalue weighted by Gasteiger charge is -2.36. The predicted octanol–water partition coefficient (Wildman–Crippen LogP) is 9.01. The molecule has 0 amide bonds. The first-order valence-corrected chi connectivity index (χ1v) is 17.9. The monoisotopic (exact) mass is 706 g/mol. The number of benzene rings is 3. The largest absolute Gasteiger partial charge is 0.258 e. The molecule has 3 aromatic carbocycles. The van der Waals surface area contributed by atoms with Gasteiger partial charge in [0.25, 0.3) is 6.71 Å². The van der Waals surface area contributed by atoms with Gasteiger partial charge >= 0.3 is 0 Å². The number of hydrogen-bond donors (Lipinski definition) is 0. The van der Waals surface area contributed by atoms with Crippen LogP contribution in [0.1, 0.15) is 68.1 Å². The summed E-state index contributed by atoms with van der Waals surface area (Å²) >= 11 is 0. The minimum Gasteiger partial charge on any atom is -0.204 e. The maximum Gasteiger partial charge on any atom is 0.258 e. The fourth-order valence-corrected chi connectivity index (χ4v) is 13.1. The van der Waals surface area contributed by atoms with E-state index in [-0.39, 0.29) is 5.19 Å². The molecule has 1 heterocycles. The van der Waals surface area contributed by atoms with E-state index in [1.54, 1.807) is 13.8 Å². The fraction of sp³-hybridized carbons (Fsp3) is 0.324. The Balaban J connectivity index is 1.91. The molecule has 1 fully saturated rings. The van der Waals surface area contributed by atoms with Crippen molar-refractivity contribution in [3.63, 3.8) is 0 Å². The number of halogens is 10. The molecule has 3 aliphatic rings. The van der Waals surface area contributed by atoms with Gasteiger partial charge in [0.05, 0.1) is 0 Å². The molecule has 2 aliphatic carbocycles. The molecule has 2 atom stereocenters. The molecule has 0 unspecified atom stereocenters. The number of allylic oxidation sites excluding steroid dienone is 4. The van der Waals surface area contributed by atoms with Gasteiger partial charge in [0, 0.05) is 16.6 Å². The van der Waals surface area contributed by atoms with E-state index in [0.717, 1.165) is 30.4 Å². The third-order valence-corrected chi connectivity index (χ3v) is 14.5. The molecular weight excluding hydrogens is 676 g/mol. The summed E-state index contributed by atoms with van der Waals surface area (Å²) in [6, 6.07) is 3.66. The summed E-state index contributed by atoms with van der Waals surface area (Å²) in [5.41, 5.74) is 3.06. The average Bonchev–Trinajstić information content (AvgIpc) is 3.40. The highest BCUT2D eigenvalue weighted by Gasteiger charge is 2.49. The van der Waals surface area contributed by atoms with Gasteiger partial charge in [0.15, 0.2) is 58.2 Å². The van der Waals surface area contributed by atoms with Crippen molar-refractivity contribution < 1.29 is 43.9 Å². The summed E-state index contributed by atoms with van der Waals surface area (Å²) < 4.78 is 152. The normalized spacial score (nSPS) is 20.4. The highest BCUT2D eigenvalue weighted by Crippen LogP contribution is 2.63. The maximum absolute atomic E-state index is 16.0. The molecule has 1 aliphatic heterocycles. The summed E-state index contributed by atoms with van der Waals surface area (Å²) in [7, 11) is 0. The molecular formula is C37H30BF10P. The van der Waals surface area contributed by atoms with Crippen LogP contribution in [0.15, 0.2) is 35.4 Å². The Bertz CT molecular complexity index is 1950. The van der Waals surface area contributed by atoms with Gasteiger partial charge in [-0.25, -0.2) is 43.9 Å². The molecule has 12 heteroatoms. The van der Waals surface area contributed by atoms with Gasteiger partial charge in [-0.1, -0.05) is 58.6 Å². The Labute approximate surface area is 278 Å². The lowest BCUT2D eigenvalue weighted by atomic mass is 9.37. The van der Waals surface area contributed by atoms with Crippen LogP contribution >= 0.6 is 6.89 Å². The third-order valence-electron chi connectivity index (χ3n) is 9.86. The average molecular weight is 706 g/mol. The zero-order valence-corrected chi connectivity index (χ0v) is 27.7. The molecule has 1 saturated carbocycles. The van der Waals surface area contributed by atoms with E-state index in [2.05, 4.69) is 11.6 Å². The van der Waals surface area contributed by atoms with Gasteiger partial charge in [-0.05, 0) is 94.6 Å². The minimum absolute atomic E-state index is 0.222. The summed E-state index contributed by atoms with van der Waals surface area (Å²) in [5, 5.41) is 0.354. The number of aryl methyl sites for hydroxylation is 3. The topological polar surface area (TPSA) is 0 Å². The molecule has 0 nitrogen and oxygen atoms in total. The van der Waals surface area contributed by atoms with Crippen molar-refractivity contribution in [2.45, 2.75) is 77.8 Å². The molecule has 6 rings (SSSR count). The first-order chi connectivity index (χ1) is 23.2. The van der Waals surface area contributed by atoms with Crippen molar-refractivity contribution >= 4 is 35.0 Å². The van der Waals surface area contributed by atoms with Crippen molar-refractivity contribution in [1.29, 1.82) is 0 Å². The highest BCUT2D eigenvalue weighted by molar-refractivity contribution is 7.92. The summed E-state index contributed by atoms with van der Waals surface area (Å²) in [4.78, 5) is 0. The first-order valence-electron chi connectivity index (χ1n) is 16.0. The van der Waals surface area contributed by atoms with Crippen LogP contribution in [0.5, 0.6) is 0 Å². The van der Waals surface area contributed by atoms with Gasteiger partial charge in [-0.15, -0.1) is 0 Å². The van der Waals surface area contributed by atoms with E-state index in [1.807, 2.05) is 25.1 Å². The molecule has 0 radical (unpaired) electrons. The SMILES string of the molecule is Cc1cc(C)c([P@@]2(C#CC3=CCCCC3)=C(B(c3c(F)c(F)c(F)c(F)c3F)c3c(F)c(F)c(F)c(F)c3F)C=C3CCCC[C@H]32)c(C)c1. The molecule has 49 heavy (non-hydrogen) atoms. The van der Waals surface area contributed by atoms with E-state index in [4.69, 9.17) is 0 Å². The van der Waals surface area contributed by atoms with Gasteiger partial charge in [0.1, 0.15) is 0 Å². The van der Waals surface area contributed by atoms with Gasteiger partial charge in [0.2, 0.25) is 0 Å². The van der Waals surface area contributed by atoms with Crippen molar-refractivity contribution in [1.82, 2.24) is 0 Å². The van der Waals surface area contributed by atoms with Crippen LogP contribution in [0.2, 0.25) is 0 Å². The van der Waals surface area contributed by atoms with E-state index < -0.39 is 88.4 Å². The van der Waals surface area contributed by atoms with Crippen LogP contribution in [0.3, 0.4) is 0 Å². The molecule has 0 N–H and O–H groups in total. The minimum atomic E-state index is -3.58. The van der Waals surface area contributed by atoms with Gasteiger partial charge < -0.3 is 0 Å². The number of hydrogen-bond acceptors (Lipinski definition) is 0. The van der Waals surface area contributed by atoms with E-state index in [1.165, 1.54) is 6.08 Å². The Morgan fingerprint density at radius 3 is 1.61 bits per heavy atom. The van der Waals surface area contributed by atoms with Crippen LogP contribution in [-0.2, 0) is 0 Å². The molecule has 3 aromatic rings. The third kappa shape index (κ3) is 5.59. The Morgan fingerprint density at radius 2 is 1.12 bits per heavy atom. The second-order valence-electron chi connectivity index (χ2n) is 13.0. The molecule has 0 aromatic heterocycles. The van der Waals surface area contributed by atoms with Crippen LogP contribution < -0.4 is 16.2 Å². The van der Waals surface area contributed by atoms with E-state index in [0.29, 0.717) is 54.1 Å². The summed E-state index contributed by atoms with van der Waals surface area (Å²) in [6.45, 7) is -0.834. The van der Waals surface area contributed by atoms with E-state index >= 15 is 17.6 Å². The Morgan fingerprint density at radius 1 is 0.633 bits per heavy atom. The number of rotatable bonds is 4. The molecule has 0 saturated heterocycles. The molecule has 0 bridgehead atoms. The van der Waals surface area contributed by atoms with Crippen LogP contribution in [0, 0.1) is 90.5 Å². The molecule has 0 spiro atoms. The van der Waals surface area contributed by atoms with Gasteiger partial charge in [-0.3, -0.25) is 0 Å². The highest BCUT2D eigenvalue weighted by atomic mass is 31.2. The molecule has 256 valence electrons. The van der Waals surface area contributed by atoms with Gasteiger partial charge in [-0.2, -0.15) is 0 Å². The Kier molecular flexibility index (Phi) is 9.51. The van der Waals surface area contributed by atoms with Crippen molar-refractivity contribution in [2.24, 2.45) is 0 Å². The summed E-state index contributed by atoms with van der Waals surface area (Å²) in [5.74, 6) is -21.3. The zero-order chi connectivity index (χ0) is 35.5. The van der Waals surface area contributed by atoms with Crippen molar-refractivity contribution in [3.8, 4) is 11.6 Å². The Hall–Kier alpha value is -3.64. The smallest absolute Gasteiger partial charge is 0.204 e. The van der Waals surface area contributed by atoms with Crippen LogP contribution in [0.4, 0.5) is 43.9 Å². The van der Waals surface area contributed by atoms with Crippen LogP contribution in [0.25, 0.3) is 0 Å². The second kappa shape index (κ2) is 13.2. The van der Waals surface area contributed by atoms with E-state index in [9.17, 15) is 26.3 Å². The second-order valence-corrected chi connectivity index (χ2v) is 16.2. The van der Waals surface area contributed by atoms with Crippen molar-refractivity contribution in [3.05, 3.63) is 110 Å². The zero-order valence-electron chi connectivity index (χ0n) is 26.8. The lowest BCUT2D eigenvalue weighted by molar-refractivity contribution is 0.382. The lowest BCUT2D eigenvalue weighted by Crippen LogP contribution is -2.56. The number of fused-ring (bicyclic) bond motifs is 1.